The van der Waals surface area contributed by atoms with Crippen molar-refractivity contribution in [3.63, 3.8) is 0 Å². The van der Waals surface area contributed by atoms with Crippen molar-refractivity contribution in [3.8, 4) is 0 Å². The van der Waals surface area contributed by atoms with Crippen LogP contribution in [0.3, 0.4) is 0 Å². The lowest BCUT2D eigenvalue weighted by Gasteiger charge is -2.15. The predicted molar refractivity (Wildman–Crippen MR) is 77.5 cm³/mol. The second-order valence-electron chi connectivity index (χ2n) is 4.38. The third-order valence-corrected chi connectivity index (χ3v) is 2.91. The van der Waals surface area contributed by atoms with Crippen LogP contribution in [0.4, 0.5) is 17.5 Å². The highest BCUT2D eigenvalue weighted by atomic mass is 16.6. The van der Waals surface area contributed by atoms with E-state index >= 15 is 0 Å². The predicted octanol–water partition coefficient (Wildman–Crippen LogP) is 1.55. The van der Waals surface area contributed by atoms with E-state index in [0.29, 0.717) is 0 Å². The molecule has 21 heavy (non-hydrogen) atoms. The molecule has 9 heteroatoms. The Morgan fingerprint density at radius 3 is 2.76 bits per heavy atom. The van der Waals surface area contributed by atoms with Crippen LogP contribution in [0.1, 0.15) is 24.2 Å². The van der Waals surface area contributed by atoms with Crippen molar-refractivity contribution in [2.75, 3.05) is 10.7 Å². The van der Waals surface area contributed by atoms with Crippen LogP contribution < -0.4 is 16.6 Å². The van der Waals surface area contributed by atoms with Crippen LogP contribution in [-0.2, 0) is 0 Å². The van der Waals surface area contributed by atoms with Crippen molar-refractivity contribution < 1.29 is 4.92 Å². The Morgan fingerprint density at radius 1 is 1.43 bits per heavy atom. The van der Waals surface area contributed by atoms with E-state index in [2.05, 4.69) is 25.7 Å². The summed E-state index contributed by atoms with van der Waals surface area (Å²) in [6.45, 7) is 3.38. The van der Waals surface area contributed by atoms with E-state index in [0.717, 1.165) is 5.56 Å². The first-order valence-corrected chi connectivity index (χ1v) is 6.19. The van der Waals surface area contributed by atoms with Gasteiger partial charge in [-0.25, -0.2) is 10.8 Å². The summed E-state index contributed by atoms with van der Waals surface area (Å²) in [7, 11) is 0. The second kappa shape index (κ2) is 6.09. The number of rotatable bonds is 5. The number of nitrogens with zero attached hydrogens (tertiary/aromatic N) is 4. The number of anilines is 2. The highest BCUT2D eigenvalue weighted by Gasteiger charge is 2.23. The SMILES string of the molecule is Cc1nc(NN)nc(NC(C)c2cccnc2)c1[N+](=O)[O-]. The molecule has 2 rings (SSSR count). The van der Waals surface area contributed by atoms with E-state index in [1.54, 1.807) is 18.5 Å². The van der Waals surface area contributed by atoms with E-state index < -0.39 is 4.92 Å². The molecule has 0 aromatic carbocycles. The van der Waals surface area contributed by atoms with Crippen LogP contribution in [0.15, 0.2) is 24.5 Å². The maximum atomic E-state index is 11.2. The quantitative estimate of drug-likeness (QED) is 0.429. The summed E-state index contributed by atoms with van der Waals surface area (Å²) in [4.78, 5) is 22.6. The van der Waals surface area contributed by atoms with Gasteiger partial charge in [0.25, 0.3) is 0 Å². The maximum Gasteiger partial charge on any atom is 0.332 e. The molecule has 0 amide bonds. The zero-order chi connectivity index (χ0) is 15.4. The summed E-state index contributed by atoms with van der Waals surface area (Å²) in [6, 6.07) is 3.45. The summed E-state index contributed by atoms with van der Waals surface area (Å²) in [6.07, 6.45) is 3.34. The summed E-state index contributed by atoms with van der Waals surface area (Å²) in [5, 5.41) is 14.2. The van der Waals surface area contributed by atoms with Gasteiger partial charge in [0.15, 0.2) is 0 Å². The van der Waals surface area contributed by atoms with Crippen molar-refractivity contribution in [3.05, 3.63) is 45.9 Å². The van der Waals surface area contributed by atoms with Crippen molar-refractivity contribution in [2.45, 2.75) is 19.9 Å². The van der Waals surface area contributed by atoms with Gasteiger partial charge >= 0.3 is 5.69 Å². The van der Waals surface area contributed by atoms with Gasteiger partial charge in [-0.15, -0.1) is 0 Å². The molecule has 1 unspecified atom stereocenters. The molecule has 0 aliphatic carbocycles. The van der Waals surface area contributed by atoms with Gasteiger partial charge in [-0.05, 0) is 25.5 Å². The van der Waals surface area contributed by atoms with Crippen LogP contribution in [0, 0.1) is 17.0 Å². The standard InChI is InChI=1S/C12H15N7O2/c1-7(9-4-3-5-14-6-9)15-11-10(19(20)21)8(2)16-12(17-11)18-13/h3-7H,13H2,1-2H3,(H2,15,16,17,18). The Labute approximate surface area is 120 Å². The third-order valence-electron chi connectivity index (χ3n) is 2.91. The van der Waals surface area contributed by atoms with Gasteiger partial charge < -0.3 is 5.32 Å². The molecule has 9 nitrogen and oxygen atoms in total. The summed E-state index contributed by atoms with van der Waals surface area (Å²) < 4.78 is 0. The van der Waals surface area contributed by atoms with E-state index in [1.807, 2.05) is 13.0 Å². The maximum absolute atomic E-state index is 11.2. The molecular formula is C12H15N7O2. The summed E-state index contributed by atoms with van der Waals surface area (Å²) >= 11 is 0. The first-order chi connectivity index (χ1) is 10.0. The number of nitrogens with two attached hydrogens (primary N) is 1. The molecule has 2 heterocycles. The zero-order valence-electron chi connectivity index (χ0n) is 11.6. The fraction of sp³-hybridized carbons (Fsp3) is 0.250. The van der Waals surface area contributed by atoms with Gasteiger partial charge in [0.1, 0.15) is 5.69 Å². The number of hydrogen-bond acceptors (Lipinski definition) is 8. The van der Waals surface area contributed by atoms with Gasteiger partial charge in [0.2, 0.25) is 11.8 Å². The van der Waals surface area contributed by atoms with Crippen LogP contribution in [-0.4, -0.2) is 19.9 Å². The number of aromatic nitrogens is 3. The summed E-state index contributed by atoms with van der Waals surface area (Å²) in [5.74, 6) is 5.49. The van der Waals surface area contributed by atoms with Crippen LogP contribution in [0.5, 0.6) is 0 Å². The normalized spacial score (nSPS) is 11.8. The van der Waals surface area contributed by atoms with E-state index in [1.165, 1.54) is 6.92 Å². The van der Waals surface area contributed by atoms with E-state index in [9.17, 15) is 10.1 Å². The molecule has 0 aliphatic heterocycles. The second-order valence-corrected chi connectivity index (χ2v) is 4.38. The Kier molecular flexibility index (Phi) is 4.24. The average molecular weight is 289 g/mol. The van der Waals surface area contributed by atoms with Gasteiger partial charge in [0, 0.05) is 12.4 Å². The number of pyridine rings is 1. The van der Waals surface area contributed by atoms with Crippen LogP contribution in [0.25, 0.3) is 0 Å². The minimum absolute atomic E-state index is 0.108. The topological polar surface area (TPSA) is 132 Å². The molecule has 2 aromatic rings. The number of hydrazine groups is 1. The Morgan fingerprint density at radius 2 is 2.19 bits per heavy atom. The third kappa shape index (κ3) is 3.20. The lowest BCUT2D eigenvalue weighted by molar-refractivity contribution is -0.385. The summed E-state index contributed by atoms with van der Waals surface area (Å²) in [5.41, 5.74) is 3.22. The van der Waals surface area contributed by atoms with Gasteiger partial charge in [-0.1, -0.05) is 6.07 Å². The first kappa shape index (κ1) is 14.6. The Hall–Kier alpha value is -2.81. The number of nitrogens with one attached hydrogen (secondary N) is 2. The molecule has 0 spiro atoms. The van der Waals surface area contributed by atoms with Crippen molar-refractivity contribution in [2.24, 2.45) is 5.84 Å². The molecule has 0 saturated carbocycles. The van der Waals surface area contributed by atoms with Crippen molar-refractivity contribution in [1.82, 2.24) is 15.0 Å². The highest BCUT2D eigenvalue weighted by Crippen LogP contribution is 2.29. The molecule has 110 valence electrons. The van der Waals surface area contributed by atoms with Crippen molar-refractivity contribution in [1.29, 1.82) is 0 Å². The lowest BCUT2D eigenvalue weighted by atomic mass is 10.1. The molecule has 0 bridgehead atoms. The molecule has 0 fully saturated rings. The minimum atomic E-state index is -0.520. The number of aryl methyl sites for hydroxylation is 1. The Balaban J connectivity index is 2.38. The van der Waals surface area contributed by atoms with Gasteiger partial charge in [-0.2, -0.15) is 4.98 Å². The average Bonchev–Trinajstić information content (AvgIpc) is 2.47. The number of hydrogen-bond donors (Lipinski definition) is 3. The smallest absolute Gasteiger partial charge is 0.332 e. The van der Waals surface area contributed by atoms with E-state index in [4.69, 9.17) is 5.84 Å². The molecule has 0 saturated heterocycles. The minimum Gasteiger partial charge on any atom is -0.358 e. The van der Waals surface area contributed by atoms with Gasteiger partial charge in [-0.3, -0.25) is 20.5 Å². The molecule has 0 aliphatic rings. The van der Waals surface area contributed by atoms with Crippen molar-refractivity contribution >= 4 is 17.5 Å². The van der Waals surface area contributed by atoms with Gasteiger partial charge in [0.05, 0.1) is 11.0 Å². The lowest BCUT2D eigenvalue weighted by Crippen LogP contribution is -2.16. The monoisotopic (exact) mass is 289 g/mol. The number of nitro groups is 1. The fourth-order valence-corrected chi connectivity index (χ4v) is 1.87. The van der Waals surface area contributed by atoms with Crippen LogP contribution >= 0.6 is 0 Å². The first-order valence-electron chi connectivity index (χ1n) is 6.19. The Bertz CT molecular complexity index is 648. The van der Waals surface area contributed by atoms with E-state index in [-0.39, 0.29) is 29.2 Å². The zero-order valence-corrected chi connectivity index (χ0v) is 11.6. The molecule has 4 N–H and O–H groups in total. The van der Waals surface area contributed by atoms with Crippen LogP contribution in [0.2, 0.25) is 0 Å². The molecular weight excluding hydrogens is 274 g/mol. The largest absolute Gasteiger partial charge is 0.358 e. The molecule has 1 atom stereocenters. The number of nitrogen functional groups attached to an aromatic ring is 1. The molecule has 0 radical (unpaired) electrons. The highest BCUT2D eigenvalue weighted by molar-refractivity contribution is 5.61. The molecule has 2 aromatic heterocycles. The fourth-order valence-electron chi connectivity index (χ4n) is 1.87.